The molecule has 0 saturated heterocycles. The third-order valence-electron chi connectivity index (χ3n) is 1.54. The smallest absolute Gasteiger partial charge is 0.126 e. The first-order valence-corrected chi connectivity index (χ1v) is 7.27. The van der Waals surface area contributed by atoms with E-state index in [9.17, 15) is 4.79 Å². The van der Waals surface area contributed by atoms with E-state index in [4.69, 9.17) is 15.3 Å². The first kappa shape index (κ1) is 27.0. The van der Waals surface area contributed by atoms with Gasteiger partial charge in [-0.3, -0.25) is 0 Å². The molecule has 4 nitrogen and oxygen atoms in total. The molecule has 3 N–H and O–H groups in total. The molecule has 0 spiro atoms. The lowest BCUT2D eigenvalue weighted by Gasteiger charge is -1.79. The highest BCUT2D eigenvalue weighted by Gasteiger charge is 1.70. The fourth-order valence-electron chi connectivity index (χ4n) is 0.474. The van der Waals surface area contributed by atoms with Crippen LogP contribution >= 0.6 is 0 Å². The second-order valence-corrected chi connectivity index (χ2v) is 4.14. The van der Waals surface area contributed by atoms with Crippen LogP contribution < -0.4 is 0 Å². The second kappa shape index (κ2) is 36.0. The Morgan fingerprint density at radius 1 is 0.684 bits per heavy atom. The first-order chi connectivity index (χ1) is 8.97. The van der Waals surface area contributed by atoms with Crippen LogP contribution in [0.4, 0.5) is 0 Å². The molecule has 0 atom stereocenters. The average molecular weight is 280 g/mol. The Hall–Kier alpha value is -0.450. The van der Waals surface area contributed by atoms with Crippen molar-refractivity contribution in [2.45, 2.75) is 73.1 Å². The lowest BCUT2D eigenvalue weighted by Crippen LogP contribution is -1.75. The van der Waals surface area contributed by atoms with Gasteiger partial charge in [-0.2, -0.15) is 0 Å². The largest absolute Gasteiger partial charge is 0.396 e. The summed E-state index contributed by atoms with van der Waals surface area (Å²) in [6, 6.07) is 0. The van der Waals surface area contributed by atoms with Gasteiger partial charge in [0, 0.05) is 19.8 Å². The van der Waals surface area contributed by atoms with Crippen LogP contribution in [0.25, 0.3) is 0 Å². The molecule has 4 heteroatoms. The van der Waals surface area contributed by atoms with Gasteiger partial charge in [0.25, 0.3) is 0 Å². The standard InChI is InChI=1S/3C4H10O.C3H6O/c3*1-2-3-4-5;1-3(2)4/h3*5H,2-4H2,1H3;1-2H3. The Bertz CT molecular complexity index is 103. The molecule has 19 heavy (non-hydrogen) atoms. The molecule has 0 saturated carbocycles. The Morgan fingerprint density at radius 2 is 0.842 bits per heavy atom. The van der Waals surface area contributed by atoms with Crippen LogP contribution in [-0.4, -0.2) is 40.9 Å². The Labute approximate surface area is 119 Å². The number of carbonyl (C=O) groups is 1. The molecule has 120 valence electrons. The SMILES string of the molecule is CC(C)=O.CCCCO.CCCCO.CCCCO. The third-order valence-corrected chi connectivity index (χ3v) is 1.54. The molecule has 0 heterocycles. The normalized spacial score (nSPS) is 8.00. The summed E-state index contributed by atoms with van der Waals surface area (Å²) >= 11 is 0. The zero-order valence-electron chi connectivity index (χ0n) is 13.6. The van der Waals surface area contributed by atoms with E-state index >= 15 is 0 Å². The molecule has 0 rings (SSSR count). The zero-order chi connectivity index (χ0) is 15.9. The van der Waals surface area contributed by atoms with Crippen LogP contribution in [0.15, 0.2) is 0 Å². The van der Waals surface area contributed by atoms with Crippen LogP contribution in [-0.2, 0) is 4.79 Å². The van der Waals surface area contributed by atoms with Gasteiger partial charge in [-0.1, -0.05) is 40.0 Å². The van der Waals surface area contributed by atoms with E-state index in [1.54, 1.807) is 0 Å². The van der Waals surface area contributed by atoms with Crippen LogP contribution in [0.2, 0.25) is 0 Å². The molecule has 0 aromatic carbocycles. The first-order valence-electron chi connectivity index (χ1n) is 7.27. The van der Waals surface area contributed by atoms with Crippen LogP contribution in [0.5, 0.6) is 0 Å². The quantitative estimate of drug-likeness (QED) is 0.699. The number of ketones is 1. The van der Waals surface area contributed by atoms with Gasteiger partial charge >= 0.3 is 0 Å². The highest BCUT2D eigenvalue weighted by Crippen LogP contribution is 1.79. The predicted octanol–water partition coefficient (Wildman–Crippen LogP) is 2.93. The molecule has 0 unspecified atom stereocenters. The maximum Gasteiger partial charge on any atom is 0.126 e. The minimum Gasteiger partial charge on any atom is -0.396 e. The number of hydrogen-bond donors (Lipinski definition) is 3. The molecular formula is C15H36O4. The van der Waals surface area contributed by atoms with Crippen molar-refractivity contribution < 1.29 is 20.1 Å². The van der Waals surface area contributed by atoms with E-state index in [1.165, 1.54) is 13.8 Å². The Balaban J connectivity index is -0.0000000793. The number of carbonyl (C=O) groups excluding carboxylic acids is 1. The molecule has 0 radical (unpaired) electrons. The van der Waals surface area contributed by atoms with Crippen molar-refractivity contribution in [1.29, 1.82) is 0 Å². The average Bonchev–Trinajstić information content (AvgIpc) is 2.33. The zero-order valence-corrected chi connectivity index (χ0v) is 13.6. The third kappa shape index (κ3) is 138. The minimum atomic E-state index is 0.167. The molecule has 0 bridgehead atoms. The highest BCUT2D eigenvalue weighted by atomic mass is 16.3. The molecule has 0 amide bonds. The molecule has 0 aliphatic carbocycles. The van der Waals surface area contributed by atoms with Crippen molar-refractivity contribution in [2.75, 3.05) is 19.8 Å². The second-order valence-electron chi connectivity index (χ2n) is 4.14. The summed E-state index contributed by atoms with van der Waals surface area (Å²) in [5.41, 5.74) is 0. The summed E-state index contributed by atoms with van der Waals surface area (Å²) in [4.78, 5) is 9.44. The van der Waals surface area contributed by atoms with Gasteiger partial charge in [-0.05, 0) is 33.1 Å². The Kier molecular flexibility index (Phi) is 51.2. The molecule has 0 aromatic heterocycles. The van der Waals surface area contributed by atoms with Crippen LogP contribution in [0.1, 0.15) is 73.1 Å². The van der Waals surface area contributed by atoms with Gasteiger partial charge in [0.05, 0.1) is 0 Å². The minimum absolute atomic E-state index is 0.167. The van der Waals surface area contributed by atoms with Gasteiger partial charge in [-0.25, -0.2) is 0 Å². The van der Waals surface area contributed by atoms with E-state index in [1.807, 2.05) is 0 Å². The van der Waals surface area contributed by atoms with E-state index in [0.29, 0.717) is 19.8 Å². The highest BCUT2D eigenvalue weighted by molar-refractivity contribution is 5.72. The number of hydrogen-bond acceptors (Lipinski definition) is 4. The maximum absolute atomic E-state index is 9.44. The van der Waals surface area contributed by atoms with Crippen molar-refractivity contribution in [3.8, 4) is 0 Å². The lowest BCUT2D eigenvalue weighted by molar-refractivity contribution is -0.114. The van der Waals surface area contributed by atoms with Gasteiger partial charge in [0.1, 0.15) is 5.78 Å². The van der Waals surface area contributed by atoms with Crippen molar-refractivity contribution in [3.63, 3.8) is 0 Å². The number of unbranched alkanes of at least 4 members (excludes halogenated alkanes) is 3. The number of Topliss-reactive ketones (excluding diaryl/α,β-unsaturated/α-hetero) is 1. The van der Waals surface area contributed by atoms with Gasteiger partial charge in [0.15, 0.2) is 0 Å². The fraction of sp³-hybridized carbons (Fsp3) is 0.933. The van der Waals surface area contributed by atoms with Crippen molar-refractivity contribution in [1.82, 2.24) is 0 Å². The fourth-order valence-corrected chi connectivity index (χ4v) is 0.474. The van der Waals surface area contributed by atoms with E-state index < -0.39 is 0 Å². The van der Waals surface area contributed by atoms with Crippen molar-refractivity contribution in [3.05, 3.63) is 0 Å². The lowest BCUT2D eigenvalue weighted by atomic mass is 10.4. The van der Waals surface area contributed by atoms with Crippen LogP contribution in [0.3, 0.4) is 0 Å². The van der Waals surface area contributed by atoms with E-state index in [-0.39, 0.29) is 5.78 Å². The van der Waals surface area contributed by atoms with E-state index in [2.05, 4.69) is 20.8 Å². The summed E-state index contributed by atoms with van der Waals surface area (Å²) in [7, 11) is 0. The molecule has 0 aliphatic rings. The summed E-state index contributed by atoms with van der Waals surface area (Å²) in [5, 5.41) is 24.2. The van der Waals surface area contributed by atoms with Gasteiger partial charge in [0.2, 0.25) is 0 Å². The number of aliphatic hydroxyl groups is 3. The van der Waals surface area contributed by atoms with Gasteiger partial charge in [-0.15, -0.1) is 0 Å². The van der Waals surface area contributed by atoms with Crippen molar-refractivity contribution >= 4 is 5.78 Å². The molecule has 0 aromatic rings. The van der Waals surface area contributed by atoms with Crippen molar-refractivity contribution in [2.24, 2.45) is 0 Å². The number of rotatable bonds is 6. The maximum atomic E-state index is 9.44. The van der Waals surface area contributed by atoms with Gasteiger partial charge < -0.3 is 20.1 Å². The summed E-state index contributed by atoms with van der Waals surface area (Å²) in [6.07, 6.45) is 6.11. The number of aliphatic hydroxyl groups excluding tert-OH is 3. The summed E-state index contributed by atoms with van der Waals surface area (Å²) < 4.78 is 0. The van der Waals surface area contributed by atoms with Crippen LogP contribution in [0, 0.1) is 0 Å². The topological polar surface area (TPSA) is 77.8 Å². The molecular weight excluding hydrogens is 244 g/mol. The summed E-state index contributed by atoms with van der Waals surface area (Å²) in [5.74, 6) is 0.167. The molecule has 0 fully saturated rings. The molecule has 0 aliphatic heterocycles. The van der Waals surface area contributed by atoms with E-state index in [0.717, 1.165) is 38.5 Å². The Morgan fingerprint density at radius 3 is 0.842 bits per heavy atom. The summed E-state index contributed by atoms with van der Waals surface area (Å²) in [6.45, 7) is 10.2. The predicted molar refractivity (Wildman–Crippen MR) is 82.3 cm³/mol. The monoisotopic (exact) mass is 280 g/mol.